The zero-order valence-electron chi connectivity index (χ0n) is 11.7. The largest absolute Gasteiger partial charge is 0.399 e. The maximum absolute atomic E-state index is 12.8. The van der Waals surface area contributed by atoms with Gasteiger partial charge in [0.2, 0.25) is 10.0 Å². The van der Waals surface area contributed by atoms with Crippen LogP contribution in [0.2, 0.25) is 0 Å². The number of aryl methyl sites for hydroxylation is 2. The molecule has 0 aliphatic carbocycles. The van der Waals surface area contributed by atoms with Crippen molar-refractivity contribution in [2.24, 2.45) is 0 Å². The number of sulfonamides is 1. The van der Waals surface area contributed by atoms with Crippen LogP contribution in [0, 0.1) is 13.8 Å². The maximum Gasteiger partial charge on any atom is 0.244 e. The van der Waals surface area contributed by atoms with Crippen LogP contribution < -0.4 is 5.73 Å². The summed E-state index contributed by atoms with van der Waals surface area (Å²) in [4.78, 5) is 0.270. The van der Waals surface area contributed by atoms with Crippen LogP contribution in [0.4, 0.5) is 5.69 Å². The van der Waals surface area contributed by atoms with Gasteiger partial charge in [-0.2, -0.15) is 4.31 Å². The zero-order valence-corrected chi connectivity index (χ0v) is 12.5. The summed E-state index contributed by atoms with van der Waals surface area (Å²) in [5, 5.41) is 9.35. The normalized spacial score (nSPS) is 21.1. The number of benzene rings is 1. The predicted molar refractivity (Wildman–Crippen MR) is 75.9 cm³/mol. The van der Waals surface area contributed by atoms with Gasteiger partial charge in [0.25, 0.3) is 0 Å². The Hall–Kier alpha value is -1.15. The molecular formula is C13H20N2O4S. The van der Waals surface area contributed by atoms with Crippen molar-refractivity contribution in [1.82, 2.24) is 4.31 Å². The molecule has 0 aromatic heterocycles. The summed E-state index contributed by atoms with van der Waals surface area (Å²) in [6, 6.07) is 2.76. The number of nitrogen functional groups attached to an aromatic ring is 1. The summed E-state index contributed by atoms with van der Waals surface area (Å²) < 4.78 is 32.2. The number of hydrogen-bond donors (Lipinski definition) is 2. The van der Waals surface area contributed by atoms with Gasteiger partial charge in [-0.25, -0.2) is 8.42 Å². The van der Waals surface area contributed by atoms with Crippen LogP contribution in [-0.2, 0) is 14.8 Å². The summed E-state index contributed by atoms with van der Waals surface area (Å²) in [5.74, 6) is 0. The number of nitrogens with zero attached hydrogens (tertiary/aromatic N) is 1. The summed E-state index contributed by atoms with van der Waals surface area (Å²) in [7, 11) is -3.66. The van der Waals surface area contributed by atoms with E-state index in [4.69, 9.17) is 10.5 Å². The van der Waals surface area contributed by atoms with Crippen LogP contribution in [0.3, 0.4) is 0 Å². The molecule has 1 saturated heterocycles. The number of hydrogen-bond acceptors (Lipinski definition) is 5. The van der Waals surface area contributed by atoms with E-state index in [1.54, 1.807) is 26.0 Å². The number of aliphatic hydroxyl groups excluding tert-OH is 1. The molecule has 1 atom stereocenters. The average Bonchev–Trinajstić information content (AvgIpc) is 2.37. The number of anilines is 1. The van der Waals surface area contributed by atoms with E-state index < -0.39 is 16.1 Å². The van der Waals surface area contributed by atoms with Gasteiger partial charge in [0.15, 0.2) is 0 Å². The van der Waals surface area contributed by atoms with Gasteiger partial charge in [0.1, 0.15) is 0 Å². The Morgan fingerprint density at radius 1 is 1.40 bits per heavy atom. The number of rotatable bonds is 3. The van der Waals surface area contributed by atoms with Crippen LogP contribution in [0.15, 0.2) is 17.0 Å². The lowest BCUT2D eigenvalue weighted by atomic mass is 10.1. The van der Waals surface area contributed by atoms with E-state index in [9.17, 15) is 13.5 Å². The van der Waals surface area contributed by atoms with Crippen LogP contribution in [0.25, 0.3) is 0 Å². The number of ether oxygens (including phenoxy) is 1. The third-order valence-electron chi connectivity index (χ3n) is 3.43. The molecule has 1 unspecified atom stereocenters. The SMILES string of the molecule is Cc1cc(N)cc(C)c1S(=O)(=O)N1CCOCC1CO. The first kappa shape index (κ1) is 15.2. The van der Waals surface area contributed by atoms with Crippen molar-refractivity contribution in [2.75, 3.05) is 32.1 Å². The summed E-state index contributed by atoms with van der Waals surface area (Å²) in [5.41, 5.74) is 7.51. The standard InChI is InChI=1S/C13H20N2O4S/c1-9-5-11(14)6-10(2)13(9)20(17,18)15-3-4-19-8-12(15)7-16/h5-6,12,16H,3-4,7-8,14H2,1-2H3. The van der Waals surface area contributed by atoms with Gasteiger partial charge in [0, 0.05) is 12.2 Å². The monoisotopic (exact) mass is 300 g/mol. The minimum atomic E-state index is -3.66. The molecule has 1 aromatic rings. The zero-order chi connectivity index (χ0) is 14.9. The van der Waals surface area contributed by atoms with Gasteiger partial charge >= 0.3 is 0 Å². The van der Waals surface area contributed by atoms with Crippen molar-refractivity contribution in [3.05, 3.63) is 23.3 Å². The summed E-state index contributed by atoms with van der Waals surface area (Å²) in [6.07, 6.45) is 0. The molecule has 1 aliphatic heterocycles. The second-order valence-corrected chi connectivity index (χ2v) is 6.84. The lowest BCUT2D eigenvalue weighted by Gasteiger charge is -2.34. The highest BCUT2D eigenvalue weighted by Crippen LogP contribution is 2.28. The lowest BCUT2D eigenvalue weighted by molar-refractivity contribution is 0.0109. The van der Waals surface area contributed by atoms with Gasteiger partial charge in [0.05, 0.1) is 30.8 Å². The van der Waals surface area contributed by atoms with Crippen molar-refractivity contribution >= 4 is 15.7 Å². The highest BCUT2D eigenvalue weighted by molar-refractivity contribution is 7.89. The van der Waals surface area contributed by atoms with Crippen LogP contribution in [0.5, 0.6) is 0 Å². The molecule has 0 bridgehead atoms. The van der Waals surface area contributed by atoms with Crippen molar-refractivity contribution in [3.8, 4) is 0 Å². The van der Waals surface area contributed by atoms with Gasteiger partial charge in [-0.05, 0) is 37.1 Å². The number of morpholine rings is 1. The number of nitrogens with two attached hydrogens (primary N) is 1. The van der Waals surface area contributed by atoms with E-state index in [0.29, 0.717) is 23.4 Å². The molecule has 3 N–H and O–H groups in total. The molecule has 0 amide bonds. The van der Waals surface area contributed by atoms with E-state index >= 15 is 0 Å². The van der Waals surface area contributed by atoms with E-state index in [2.05, 4.69) is 0 Å². The molecule has 6 nitrogen and oxygen atoms in total. The number of aliphatic hydroxyl groups is 1. The van der Waals surface area contributed by atoms with Gasteiger partial charge < -0.3 is 15.6 Å². The van der Waals surface area contributed by atoms with Crippen molar-refractivity contribution < 1.29 is 18.3 Å². The molecule has 1 aliphatic rings. The molecule has 1 heterocycles. The van der Waals surface area contributed by atoms with Crippen LogP contribution >= 0.6 is 0 Å². The maximum atomic E-state index is 12.8. The average molecular weight is 300 g/mol. The highest BCUT2D eigenvalue weighted by atomic mass is 32.2. The third kappa shape index (κ3) is 2.67. The molecule has 0 radical (unpaired) electrons. The molecule has 1 aromatic carbocycles. The third-order valence-corrected chi connectivity index (χ3v) is 5.69. The first-order chi connectivity index (χ1) is 9.37. The van der Waals surface area contributed by atoms with E-state index in [-0.39, 0.29) is 24.7 Å². The van der Waals surface area contributed by atoms with E-state index in [0.717, 1.165) is 0 Å². The minimum Gasteiger partial charge on any atom is -0.399 e. The Bertz CT molecular complexity index is 577. The Morgan fingerprint density at radius 2 is 2.00 bits per heavy atom. The van der Waals surface area contributed by atoms with Gasteiger partial charge in [-0.15, -0.1) is 0 Å². The Balaban J connectivity index is 2.49. The van der Waals surface area contributed by atoms with Gasteiger partial charge in [-0.1, -0.05) is 0 Å². The Labute approximate surface area is 119 Å². The Kier molecular flexibility index (Phi) is 4.33. The molecule has 2 rings (SSSR count). The fraction of sp³-hybridized carbons (Fsp3) is 0.538. The van der Waals surface area contributed by atoms with Crippen LogP contribution in [-0.4, -0.2) is 50.2 Å². The highest BCUT2D eigenvalue weighted by Gasteiger charge is 2.35. The second-order valence-electron chi connectivity index (χ2n) is 5.01. The smallest absolute Gasteiger partial charge is 0.244 e. The molecule has 1 fully saturated rings. The van der Waals surface area contributed by atoms with Crippen LogP contribution in [0.1, 0.15) is 11.1 Å². The Morgan fingerprint density at radius 3 is 2.55 bits per heavy atom. The first-order valence-electron chi connectivity index (χ1n) is 6.45. The molecule has 0 saturated carbocycles. The fourth-order valence-electron chi connectivity index (χ4n) is 2.61. The predicted octanol–water partition coefficient (Wildman–Crippen LogP) is 0.267. The van der Waals surface area contributed by atoms with Gasteiger partial charge in [-0.3, -0.25) is 0 Å². The topological polar surface area (TPSA) is 92.9 Å². The first-order valence-corrected chi connectivity index (χ1v) is 7.89. The molecular weight excluding hydrogens is 280 g/mol. The summed E-state index contributed by atoms with van der Waals surface area (Å²) in [6.45, 7) is 3.99. The van der Waals surface area contributed by atoms with E-state index in [1.807, 2.05) is 0 Å². The lowest BCUT2D eigenvalue weighted by Crippen LogP contribution is -2.50. The fourth-order valence-corrected chi connectivity index (χ4v) is 4.61. The minimum absolute atomic E-state index is 0.211. The summed E-state index contributed by atoms with van der Waals surface area (Å²) >= 11 is 0. The molecule has 20 heavy (non-hydrogen) atoms. The second kappa shape index (κ2) is 5.69. The van der Waals surface area contributed by atoms with Crippen molar-refractivity contribution in [3.63, 3.8) is 0 Å². The molecule has 0 spiro atoms. The van der Waals surface area contributed by atoms with Crippen molar-refractivity contribution in [1.29, 1.82) is 0 Å². The quantitative estimate of drug-likeness (QED) is 0.782. The van der Waals surface area contributed by atoms with Crippen molar-refractivity contribution in [2.45, 2.75) is 24.8 Å². The molecule has 112 valence electrons. The van der Waals surface area contributed by atoms with E-state index in [1.165, 1.54) is 4.31 Å². The molecule has 7 heteroatoms.